The Bertz CT molecular complexity index is 1240. The number of anilines is 2. The highest BCUT2D eigenvalue weighted by atomic mass is 35.5. The summed E-state index contributed by atoms with van der Waals surface area (Å²) in [5.41, 5.74) is 3.65. The first-order valence-corrected chi connectivity index (χ1v) is 10.9. The number of hydrogen-bond acceptors (Lipinski definition) is 9. The van der Waals surface area contributed by atoms with Crippen LogP contribution in [0.4, 0.5) is 16.2 Å². The molecule has 178 valence electrons. The Hall–Kier alpha value is -3.34. The van der Waals surface area contributed by atoms with Crippen LogP contribution in [0, 0.1) is 12.7 Å². The van der Waals surface area contributed by atoms with Gasteiger partial charge in [0.25, 0.3) is 0 Å². The molecule has 1 aromatic heterocycles. The van der Waals surface area contributed by atoms with Gasteiger partial charge in [-0.3, -0.25) is 0 Å². The summed E-state index contributed by atoms with van der Waals surface area (Å²) in [7, 11) is 0. The van der Waals surface area contributed by atoms with Gasteiger partial charge in [-0.25, -0.2) is 14.8 Å². The van der Waals surface area contributed by atoms with Crippen molar-refractivity contribution < 1.29 is 24.1 Å². The number of halogens is 3. The van der Waals surface area contributed by atoms with Crippen molar-refractivity contribution in [2.75, 3.05) is 36.6 Å². The van der Waals surface area contributed by atoms with Crippen molar-refractivity contribution in [1.82, 2.24) is 9.97 Å². The molecule has 1 saturated heterocycles. The van der Waals surface area contributed by atoms with Crippen molar-refractivity contribution in [3.63, 3.8) is 0 Å². The molecule has 0 radical (unpaired) electrons. The van der Waals surface area contributed by atoms with E-state index in [0.29, 0.717) is 26.3 Å². The van der Waals surface area contributed by atoms with E-state index >= 15 is 0 Å². The Balaban J connectivity index is 1.49. The summed E-state index contributed by atoms with van der Waals surface area (Å²) in [6.07, 6.45) is 2.36. The summed E-state index contributed by atoms with van der Waals surface area (Å²) >= 11 is 12.2. The zero-order valence-corrected chi connectivity index (χ0v) is 19.4. The van der Waals surface area contributed by atoms with Gasteiger partial charge in [-0.2, -0.15) is 10.1 Å². The molecule has 0 aliphatic carbocycles. The standard InChI is InChI=1S/C22H20Cl2FN5O4/c1-12-8-14(23)20(32)17(9-12)34-16-3-2-13(19(31)18(16)24)10-27-29-22-26-11-15(25)21(28-22)30-4-6-33-7-5-30/h2-3,8-11,31-32H,4-7H2,1H3,(H,26,28,29)/b27-10-. The minimum Gasteiger partial charge on any atom is -0.506 e. The van der Waals surface area contributed by atoms with Crippen LogP contribution in [0.25, 0.3) is 0 Å². The number of nitrogens with zero attached hydrogens (tertiary/aromatic N) is 4. The van der Waals surface area contributed by atoms with Gasteiger partial charge in [-0.1, -0.05) is 23.2 Å². The number of aromatic hydroxyl groups is 2. The van der Waals surface area contributed by atoms with Gasteiger partial charge in [0.2, 0.25) is 5.95 Å². The van der Waals surface area contributed by atoms with Gasteiger partial charge in [0.15, 0.2) is 23.1 Å². The maximum absolute atomic E-state index is 14.1. The number of hydrazone groups is 1. The minimum absolute atomic E-state index is 0.0801. The van der Waals surface area contributed by atoms with E-state index in [1.165, 1.54) is 18.3 Å². The SMILES string of the molecule is Cc1cc(Cl)c(O)c(Oc2ccc(/C=N\Nc3ncc(F)c(N4CCOCC4)n3)c(O)c2Cl)c1. The Morgan fingerprint density at radius 2 is 1.94 bits per heavy atom. The second-order valence-corrected chi connectivity index (χ2v) is 8.13. The number of benzene rings is 2. The zero-order chi connectivity index (χ0) is 24.2. The maximum atomic E-state index is 14.1. The fourth-order valence-electron chi connectivity index (χ4n) is 3.21. The van der Waals surface area contributed by atoms with Crippen LogP contribution in [0.15, 0.2) is 35.6 Å². The van der Waals surface area contributed by atoms with E-state index in [1.54, 1.807) is 24.0 Å². The molecule has 4 rings (SSSR count). The predicted molar refractivity (Wildman–Crippen MR) is 127 cm³/mol. The molecule has 0 spiro atoms. The van der Waals surface area contributed by atoms with Crippen LogP contribution in [0.1, 0.15) is 11.1 Å². The number of phenolic OH excluding ortho intramolecular Hbond substituents is 2. The average Bonchev–Trinajstić information content (AvgIpc) is 2.83. The Kier molecular flexibility index (Phi) is 7.20. The highest BCUT2D eigenvalue weighted by molar-refractivity contribution is 6.34. The van der Waals surface area contributed by atoms with Crippen LogP contribution < -0.4 is 15.1 Å². The highest BCUT2D eigenvalue weighted by Gasteiger charge is 2.18. The highest BCUT2D eigenvalue weighted by Crippen LogP contribution is 2.42. The van der Waals surface area contributed by atoms with Gasteiger partial charge in [-0.15, -0.1) is 0 Å². The molecule has 1 aliphatic rings. The van der Waals surface area contributed by atoms with Gasteiger partial charge in [0, 0.05) is 18.7 Å². The van der Waals surface area contributed by atoms with E-state index in [1.807, 2.05) is 0 Å². The lowest BCUT2D eigenvalue weighted by atomic mass is 10.2. The molecule has 2 aromatic carbocycles. The number of phenols is 2. The van der Waals surface area contributed by atoms with Gasteiger partial charge >= 0.3 is 0 Å². The zero-order valence-electron chi connectivity index (χ0n) is 17.9. The minimum atomic E-state index is -0.544. The summed E-state index contributed by atoms with van der Waals surface area (Å²) in [6.45, 7) is 3.80. The molecule has 34 heavy (non-hydrogen) atoms. The fraction of sp³-hybridized carbons (Fsp3) is 0.227. The van der Waals surface area contributed by atoms with E-state index in [9.17, 15) is 14.6 Å². The van der Waals surface area contributed by atoms with E-state index in [2.05, 4.69) is 20.5 Å². The van der Waals surface area contributed by atoms with E-state index in [0.717, 1.165) is 11.8 Å². The molecule has 0 unspecified atom stereocenters. The van der Waals surface area contributed by atoms with E-state index in [-0.39, 0.29) is 50.4 Å². The fourth-order valence-corrected chi connectivity index (χ4v) is 3.69. The van der Waals surface area contributed by atoms with Crippen LogP contribution in [-0.2, 0) is 4.74 Å². The third-order valence-corrected chi connectivity index (χ3v) is 5.56. The van der Waals surface area contributed by atoms with Crippen LogP contribution in [0.2, 0.25) is 10.0 Å². The van der Waals surface area contributed by atoms with Gasteiger partial charge < -0.3 is 24.6 Å². The number of nitrogens with one attached hydrogen (secondary N) is 1. The molecule has 12 heteroatoms. The Morgan fingerprint density at radius 1 is 1.18 bits per heavy atom. The van der Waals surface area contributed by atoms with Gasteiger partial charge in [-0.05, 0) is 36.8 Å². The second kappa shape index (κ2) is 10.3. The lowest BCUT2D eigenvalue weighted by Gasteiger charge is -2.27. The maximum Gasteiger partial charge on any atom is 0.245 e. The van der Waals surface area contributed by atoms with Crippen molar-refractivity contribution >= 4 is 41.2 Å². The third kappa shape index (κ3) is 5.24. The molecule has 1 fully saturated rings. The molecule has 0 saturated carbocycles. The number of aryl methyl sites for hydroxylation is 1. The molecule has 3 N–H and O–H groups in total. The third-order valence-electron chi connectivity index (χ3n) is 4.91. The van der Waals surface area contributed by atoms with Crippen LogP contribution in [0.5, 0.6) is 23.0 Å². The predicted octanol–water partition coefficient (Wildman–Crippen LogP) is 4.72. The molecule has 9 nitrogen and oxygen atoms in total. The van der Waals surface area contributed by atoms with Crippen molar-refractivity contribution in [2.24, 2.45) is 5.10 Å². The average molecular weight is 508 g/mol. The van der Waals surface area contributed by atoms with Crippen LogP contribution in [-0.4, -0.2) is 52.7 Å². The molecule has 2 heterocycles. The molecular formula is C22H20Cl2FN5O4. The van der Waals surface area contributed by atoms with Gasteiger partial charge in [0.05, 0.1) is 30.6 Å². The van der Waals surface area contributed by atoms with Crippen molar-refractivity contribution in [1.29, 1.82) is 0 Å². The number of aromatic nitrogens is 2. The summed E-state index contributed by atoms with van der Waals surface area (Å²) < 4.78 is 25.1. The largest absolute Gasteiger partial charge is 0.506 e. The van der Waals surface area contributed by atoms with Gasteiger partial charge in [0.1, 0.15) is 16.5 Å². The summed E-state index contributed by atoms with van der Waals surface area (Å²) in [5.74, 6) is -0.640. The number of morpholine rings is 1. The molecule has 0 amide bonds. The molecule has 0 bridgehead atoms. The first kappa shape index (κ1) is 23.8. The van der Waals surface area contributed by atoms with Crippen molar-refractivity contribution in [3.05, 3.63) is 57.5 Å². The van der Waals surface area contributed by atoms with Crippen LogP contribution in [0.3, 0.4) is 0 Å². The van der Waals surface area contributed by atoms with Crippen molar-refractivity contribution in [3.8, 4) is 23.0 Å². The number of hydrogen-bond donors (Lipinski definition) is 3. The monoisotopic (exact) mass is 507 g/mol. The molecule has 3 aromatic rings. The van der Waals surface area contributed by atoms with E-state index < -0.39 is 5.82 Å². The number of ether oxygens (including phenoxy) is 2. The Labute approximate surface area is 204 Å². The summed E-state index contributed by atoms with van der Waals surface area (Å²) in [4.78, 5) is 9.81. The smallest absolute Gasteiger partial charge is 0.245 e. The van der Waals surface area contributed by atoms with E-state index in [4.69, 9.17) is 32.7 Å². The first-order chi connectivity index (χ1) is 16.3. The lowest BCUT2D eigenvalue weighted by molar-refractivity contribution is 0.122. The molecule has 1 aliphatic heterocycles. The lowest BCUT2D eigenvalue weighted by Crippen LogP contribution is -2.37. The first-order valence-electron chi connectivity index (χ1n) is 10.2. The van der Waals surface area contributed by atoms with Crippen molar-refractivity contribution in [2.45, 2.75) is 6.92 Å². The van der Waals surface area contributed by atoms with Crippen LogP contribution >= 0.6 is 23.2 Å². The molecule has 0 atom stereocenters. The topological polar surface area (TPSA) is 112 Å². The normalized spacial score (nSPS) is 13.9. The Morgan fingerprint density at radius 3 is 2.71 bits per heavy atom. The second-order valence-electron chi connectivity index (χ2n) is 7.35. The summed E-state index contributed by atoms with van der Waals surface area (Å²) in [6, 6.07) is 6.19. The summed E-state index contributed by atoms with van der Waals surface area (Å²) in [5, 5.41) is 24.6. The number of rotatable bonds is 6. The molecular weight excluding hydrogens is 488 g/mol. The quantitative estimate of drug-likeness (QED) is 0.324.